The van der Waals surface area contributed by atoms with Gasteiger partial charge < -0.3 is 9.64 Å². The number of nitrogens with zero attached hydrogens (tertiary/aromatic N) is 1. The van der Waals surface area contributed by atoms with Crippen molar-refractivity contribution in [2.45, 2.75) is 26.2 Å². The van der Waals surface area contributed by atoms with Gasteiger partial charge >= 0.3 is 5.97 Å². The highest BCUT2D eigenvalue weighted by atomic mass is 16.5. The maximum Gasteiger partial charge on any atom is 0.313 e. The van der Waals surface area contributed by atoms with E-state index in [0.717, 1.165) is 18.5 Å². The van der Waals surface area contributed by atoms with Gasteiger partial charge in [0, 0.05) is 6.54 Å². The van der Waals surface area contributed by atoms with E-state index >= 15 is 0 Å². The van der Waals surface area contributed by atoms with Crippen molar-refractivity contribution in [2.75, 3.05) is 27.2 Å². The van der Waals surface area contributed by atoms with Gasteiger partial charge in [0.15, 0.2) is 0 Å². The van der Waals surface area contributed by atoms with Crippen LogP contribution in [0.25, 0.3) is 0 Å². The third-order valence-electron chi connectivity index (χ3n) is 3.41. The van der Waals surface area contributed by atoms with Crippen LogP contribution in [-0.4, -0.2) is 38.1 Å². The Labute approximate surface area is 116 Å². The average Bonchev–Trinajstić information content (AvgIpc) is 2.39. The van der Waals surface area contributed by atoms with Gasteiger partial charge in [0.1, 0.15) is 6.61 Å². The molecule has 0 spiro atoms. The Hall–Kier alpha value is -1.35. The van der Waals surface area contributed by atoms with Crippen LogP contribution in [0.5, 0.6) is 0 Å². The molecule has 2 unspecified atom stereocenters. The van der Waals surface area contributed by atoms with Crippen LogP contribution in [0, 0.1) is 5.92 Å². The zero-order valence-corrected chi connectivity index (χ0v) is 12.4. The number of ether oxygens (including phenoxy) is 1. The SMILES string of the molecule is CCC(C)C(C(=O)OCCN(C)C)c1ccccc1. The second-order valence-electron chi connectivity index (χ2n) is 5.24. The maximum absolute atomic E-state index is 12.3. The predicted octanol–water partition coefficient (Wildman–Crippen LogP) is 2.92. The summed E-state index contributed by atoms with van der Waals surface area (Å²) in [6.07, 6.45) is 0.961. The van der Waals surface area contributed by atoms with Crippen LogP contribution in [0.1, 0.15) is 31.7 Å². The average molecular weight is 263 g/mol. The summed E-state index contributed by atoms with van der Waals surface area (Å²) in [7, 11) is 3.94. The fourth-order valence-corrected chi connectivity index (χ4v) is 2.01. The normalized spacial score (nSPS) is 14.2. The van der Waals surface area contributed by atoms with E-state index in [1.165, 1.54) is 0 Å². The molecular weight excluding hydrogens is 238 g/mol. The largest absolute Gasteiger partial charge is 0.464 e. The fourth-order valence-electron chi connectivity index (χ4n) is 2.01. The van der Waals surface area contributed by atoms with E-state index in [2.05, 4.69) is 13.8 Å². The molecule has 0 fully saturated rings. The van der Waals surface area contributed by atoms with Gasteiger partial charge in [-0.15, -0.1) is 0 Å². The molecule has 0 aliphatic rings. The third kappa shape index (κ3) is 5.03. The molecular formula is C16H25NO2. The lowest BCUT2D eigenvalue weighted by Crippen LogP contribution is -2.26. The lowest BCUT2D eigenvalue weighted by Gasteiger charge is -2.22. The van der Waals surface area contributed by atoms with Crippen LogP contribution in [0.15, 0.2) is 30.3 Å². The lowest BCUT2D eigenvalue weighted by molar-refractivity contribution is -0.147. The molecule has 0 radical (unpaired) electrons. The van der Waals surface area contributed by atoms with E-state index in [9.17, 15) is 4.79 Å². The summed E-state index contributed by atoms with van der Waals surface area (Å²) < 4.78 is 5.41. The number of benzene rings is 1. The van der Waals surface area contributed by atoms with Crippen LogP contribution < -0.4 is 0 Å². The Kier molecular flexibility index (Phi) is 6.57. The van der Waals surface area contributed by atoms with Crippen LogP contribution in [0.3, 0.4) is 0 Å². The van der Waals surface area contributed by atoms with Gasteiger partial charge in [-0.05, 0) is 25.6 Å². The van der Waals surface area contributed by atoms with Crippen molar-refractivity contribution >= 4 is 5.97 Å². The number of carbonyl (C=O) groups excluding carboxylic acids is 1. The van der Waals surface area contributed by atoms with Gasteiger partial charge in [-0.1, -0.05) is 50.6 Å². The molecule has 1 aromatic rings. The van der Waals surface area contributed by atoms with Crippen molar-refractivity contribution in [3.8, 4) is 0 Å². The molecule has 0 aliphatic heterocycles. The van der Waals surface area contributed by atoms with Crippen LogP contribution in [0.2, 0.25) is 0 Å². The molecule has 106 valence electrons. The fraction of sp³-hybridized carbons (Fsp3) is 0.562. The topological polar surface area (TPSA) is 29.5 Å². The monoisotopic (exact) mass is 263 g/mol. The number of rotatable bonds is 7. The highest BCUT2D eigenvalue weighted by Crippen LogP contribution is 2.28. The van der Waals surface area contributed by atoms with E-state index in [1.807, 2.05) is 49.3 Å². The third-order valence-corrected chi connectivity index (χ3v) is 3.41. The Morgan fingerprint density at radius 2 is 1.89 bits per heavy atom. The van der Waals surface area contributed by atoms with Crippen LogP contribution in [-0.2, 0) is 9.53 Å². The van der Waals surface area contributed by atoms with Gasteiger partial charge in [0.25, 0.3) is 0 Å². The van der Waals surface area contributed by atoms with Crippen molar-refractivity contribution < 1.29 is 9.53 Å². The lowest BCUT2D eigenvalue weighted by atomic mass is 9.86. The molecule has 0 amide bonds. The molecule has 19 heavy (non-hydrogen) atoms. The molecule has 2 atom stereocenters. The Morgan fingerprint density at radius 3 is 2.42 bits per heavy atom. The van der Waals surface area contributed by atoms with Gasteiger partial charge in [0.05, 0.1) is 5.92 Å². The zero-order valence-electron chi connectivity index (χ0n) is 12.4. The summed E-state index contributed by atoms with van der Waals surface area (Å²) in [6, 6.07) is 9.91. The highest BCUT2D eigenvalue weighted by Gasteiger charge is 2.27. The molecule has 0 aliphatic carbocycles. The van der Waals surface area contributed by atoms with Crippen molar-refractivity contribution in [3.63, 3.8) is 0 Å². The number of likely N-dealkylation sites (N-methyl/N-ethyl adjacent to an activating group) is 1. The first-order valence-corrected chi connectivity index (χ1v) is 6.92. The van der Waals surface area contributed by atoms with Gasteiger partial charge in [-0.2, -0.15) is 0 Å². The summed E-state index contributed by atoms with van der Waals surface area (Å²) in [4.78, 5) is 14.3. The predicted molar refractivity (Wildman–Crippen MR) is 78.2 cm³/mol. The molecule has 1 rings (SSSR count). The first kappa shape index (κ1) is 15.7. The van der Waals surface area contributed by atoms with Crippen LogP contribution in [0.4, 0.5) is 0 Å². The second-order valence-corrected chi connectivity index (χ2v) is 5.24. The standard InChI is InChI=1S/C16H25NO2/c1-5-13(2)15(14-9-7-6-8-10-14)16(18)19-12-11-17(3)4/h6-10,13,15H,5,11-12H2,1-4H3. The maximum atomic E-state index is 12.3. The molecule has 1 aromatic carbocycles. The molecule has 3 heteroatoms. The van der Waals surface area contributed by atoms with E-state index in [4.69, 9.17) is 4.74 Å². The van der Waals surface area contributed by atoms with Crippen molar-refractivity contribution in [2.24, 2.45) is 5.92 Å². The minimum absolute atomic E-state index is 0.109. The Balaban J connectivity index is 2.72. The van der Waals surface area contributed by atoms with Gasteiger partial charge in [-0.25, -0.2) is 0 Å². The summed E-state index contributed by atoms with van der Waals surface area (Å²) in [5.41, 5.74) is 1.05. The number of hydrogen-bond donors (Lipinski definition) is 0. The number of hydrogen-bond acceptors (Lipinski definition) is 3. The summed E-state index contributed by atoms with van der Waals surface area (Å²) >= 11 is 0. The molecule has 0 N–H and O–H groups in total. The van der Waals surface area contributed by atoms with Gasteiger partial charge in [-0.3, -0.25) is 4.79 Å². The van der Waals surface area contributed by atoms with E-state index in [0.29, 0.717) is 6.61 Å². The molecule has 0 saturated carbocycles. The molecule has 0 bridgehead atoms. The summed E-state index contributed by atoms with van der Waals surface area (Å²) in [6.45, 7) is 5.41. The van der Waals surface area contributed by atoms with Crippen molar-refractivity contribution in [3.05, 3.63) is 35.9 Å². The van der Waals surface area contributed by atoms with Crippen molar-refractivity contribution in [1.82, 2.24) is 4.90 Å². The first-order chi connectivity index (χ1) is 9.06. The smallest absolute Gasteiger partial charge is 0.313 e. The van der Waals surface area contributed by atoms with E-state index in [1.54, 1.807) is 0 Å². The molecule has 3 nitrogen and oxygen atoms in total. The quantitative estimate of drug-likeness (QED) is 0.708. The first-order valence-electron chi connectivity index (χ1n) is 6.92. The second kappa shape index (κ2) is 7.95. The Bertz CT molecular complexity index is 376. The molecule has 0 aromatic heterocycles. The highest BCUT2D eigenvalue weighted by molar-refractivity contribution is 5.78. The van der Waals surface area contributed by atoms with Crippen LogP contribution >= 0.6 is 0 Å². The summed E-state index contributed by atoms with van der Waals surface area (Å²) in [5.74, 6) is 0.0185. The zero-order chi connectivity index (χ0) is 14.3. The summed E-state index contributed by atoms with van der Waals surface area (Å²) in [5, 5.41) is 0. The van der Waals surface area contributed by atoms with Gasteiger partial charge in [0.2, 0.25) is 0 Å². The molecule has 0 saturated heterocycles. The Morgan fingerprint density at radius 1 is 1.26 bits per heavy atom. The molecule has 0 heterocycles. The number of esters is 1. The van der Waals surface area contributed by atoms with Crippen molar-refractivity contribution in [1.29, 1.82) is 0 Å². The minimum atomic E-state index is -0.159. The minimum Gasteiger partial charge on any atom is -0.464 e. The number of carbonyl (C=O) groups is 1. The van der Waals surface area contributed by atoms with E-state index < -0.39 is 0 Å². The van der Waals surface area contributed by atoms with E-state index in [-0.39, 0.29) is 17.8 Å².